The molecule has 1 atom stereocenters. The van der Waals surface area contributed by atoms with Crippen LogP contribution in [0.25, 0.3) is 0 Å². The van der Waals surface area contributed by atoms with E-state index in [0.717, 1.165) is 24.0 Å². The Kier molecular flexibility index (Phi) is 6.83. The number of rotatable bonds is 5. The highest BCUT2D eigenvalue weighted by Gasteiger charge is 2.16. The number of carbonyl (C=O) groups excluding carboxylic acids is 1. The van der Waals surface area contributed by atoms with Crippen LogP contribution in [-0.2, 0) is 4.79 Å². The molecule has 0 bridgehead atoms. The van der Waals surface area contributed by atoms with Crippen molar-refractivity contribution in [2.24, 2.45) is 5.92 Å². The van der Waals surface area contributed by atoms with Gasteiger partial charge < -0.3 is 10.4 Å². The maximum Gasteiger partial charge on any atom is 0.223 e. The minimum absolute atomic E-state index is 0.0112. The van der Waals surface area contributed by atoms with Crippen LogP contribution < -0.4 is 5.32 Å². The quantitative estimate of drug-likeness (QED) is 0.810. The molecule has 3 heteroatoms. The van der Waals surface area contributed by atoms with E-state index in [1.807, 2.05) is 45.0 Å². The summed E-state index contributed by atoms with van der Waals surface area (Å²) in [6, 6.07) is 7.71. The normalized spacial score (nSPS) is 11.7. The highest BCUT2D eigenvalue weighted by Crippen LogP contribution is 2.15. The van der Waals surface area contributed by atoms with Gasteiger partial charge in [0.15, 0.2) is 0 Å². The van der Waals surface area contributed by atoms with Crippen LogP contribution in [-0.4, -0.2) is 17.6 Å². The average Bonchev–Trinajstić information content (AvgIpc) is 2.46. The van der Waals surface area contributed by atoms with Crippen molar-refractivity contribution in [2.45, 2.75) is 39.7 Å². The van der Waals surface area contributed by atoms with E-state index >= 15 is 0 Å². The van der Waals surface area contributed by atoms with E-state index in [1.165, 1.54) is 0 Å². The van der Waals surface area contributed by atoms with Gasteiger partial charge in [0.25, 0.3) is 0 Å². The summed E-state index contributed by atoms with van der Waals surface area (Å²) in [5, 5.41) is 11.7. The number of aliphatic hydroxyl groups excluding tert-OH is 1. The van der Waals surface area contributed by atoms with Gasteiger partial charge in [0.2, 0.25) is 5.91 Å². The molecule has 108 valence electrons. The first kappa shape index (κ1) is 16.3. The van der Waals surface area contributed by atoms with Crippen molar-refractivity contribution in [3.05, 3.63) is 35.4 Å². The Labute approximate surface area is 121 Å². The van der Waals surface area contributed by atoms with E-state index in [4.69, 9.17) is 5.11 Å². The average molecular weight is 273 g/mol. The predicted molar refractivity (Wildman–Crippen MR) is 81.0 cm³/mol. The monoisotopic (exact) mass is 273 g/mol. The third-order valence-corrected chi connectivity index (χ3v) is 3.44. The van der Waals surface area contributed by atoms with Crippen LogP contribution in [0.15, 0.2) is 24.3 Å². The molecular weight excluding hydrogens is 250 g/mol. The molecule has 0 aliphatic heterocycles. The van der Waals surface area contributed by atoms with Gasteiger partial charge in [-0.2, -0.15) is 0 Å². The minimum Gasteiger partial charge on any atom is -0.384 e. The van der Waals surface area contributed by atoms with Crippen LogP contribution in [0.5, 0.6) is 0 Å². The number of hydrogen-bond donors (Lipinski definition) is 2. The van der Waals surface area contributed by atoms with Crippen LogP contribution in [0, 0.1) is 17.8 Å². The highest BCUT2D eigenvalue weighted by atomic mass is 16.2. The molecule has 0 saturated carbocycles. The molecule has 0 aromatic heterocycles. The van der Waals surface area contributed by atoms with Gasteiger partial charge in [-0.3, -0.25) is 4.79 Å². The summed E-state index contributed by atoms with van der Waals surface area (Å²) in [6.07, 6.45) is 1.73. The lowest BCUT2D eigenvalue weighted by atomic mass is 10.0. The standard InChI is InChI=1S/C17H23NO2/c1-4-15(5-2)17(20)18-13(3)16-10-8-14(9-11-16)7-6-12-19/h8-11,13,15,19H,4-5,12H2,1-3H3,(H,18,20). The van der Waals surface area contributed by atoms with E-state index in [-0.39, 0.29) is 24.5 Å². The fourth-order valence-corrected chi connectivity index (χ4v) is 2.07. The van der Waals surface area contributed by atoms with Gasteiger partial charge >= 0.3 is 0 Å². The molecule has 1 aromatic rings. The van der Waals surface area contributed by atoms with Gasteiger partial charge in [-0.1, -0.05) is 37.8 Å². The highest BCUT2D eigenvalue weighted by molar-refractivity contribution is 5.78. The first-order valence-electron chi connectivity index (χ1n) is 7.12. The molecule has 0 spiro atoms. The fraction of sp³-hybridized carbons (Fsp3) is 0.471. The molecule has 1 aromatic carbocycles. The molecule has 0 radical (unpaired) electrons. The zero-order valence-electron chi connectivity index (χ0n) is 12.4. The summed E-state index contributed by atoms with van der Waals surface area (Å²) in [5.41, 5.74) is 1.92. The van der Waals surface area contributed by atoms with Crippen LogP contribution in [0.2, 0.25) is 0 Å². The number of hydrogen-bond acceptors (Lipinski definition) is 2. The molecule has 3 nitrogen and oxygen atoms in total. The van der Waals surface area contributed by atoms with Crippen LogP contribution in [0.3, 0.4) is 0 Å². The van der Waals surface area contributed by atoms with Gasteiger partial charge in [0.05, 0.1) is 6.04 Å². The summed E-state index contributed by atoms with van der Waals surface area (Å²) in [4.78, 5) is 12.0. The van der Waals surface area contributed by atoms with Crippen molar-refractivity contribution >= 4 is 5.91 Å². The smallest absolute Gasteiger partial charge is 0.223 e. The van der Waals surface area contributed by atoms with Crippen molar-refractivity contribution in [2.75, 3.05) is 6.61 Å². The molecule has 1 rings (SSSR count). The lowest BCUT2D eigenvalue weighted by molar-refractivity contribution is -0.125. The topological polar surface area (TPSA) is 49.3 Å². The first-order valence-corrected chi connectivity index (χ1v) is 7.12. The molecule has 20 heavy (non-hydrogen) atoms. The van der Waals surface area contributed by atoms with Crippen molar-refractivity contribution in [3.63, 3.8) is 0 Å². The zero-order valence-corrected chi connectivity index (χ0v) is 12.4. The first-order chi connectivity index (χ1) is 9.62. The maximum absolute atomic E-state index is 12.0. The van der Waals surface area contributed by atoms with Crippen molar-refractivity contribution < 1.29 is 9.90 Å². The Morgan fingerprint density at radius 2 is 1.85 bits per heavy atom. The minimum atomic E-state index is -0.135. The molecular formula is C17H23NO2. The van der Waals surface area contributed by atoms with Gasteiger partial charge in [0.1, 0.15) is 6.61 Å². The number of amides is 1. The Hall–Kier alpha value is -1.79. The molecule has 2 N–H and O–H groups in total. The number of nitrogens with one attached hydrogen (secondary N) is 1. The van der Waals surface area contributed by atoms with Gasteiger partial charge in [0, 0.05) is 11.5 Å². The summed E-state index contributed by atoms with van der Waals surface area (Å²) < 4.78 is 0. The molecule has 0 aliphatic rings. The van der Waals surface area contributed by atoms with Crippen LogP contribution in [0.4, 0.5) is 0 Å². The molecule has 0 heterocycles. The number of benzene rings is 1. The lowest BCUT2D eigenvalue weighted by Crippen LogP contribution is -2.32. The SMILES string of the molecule is CCC(CC)C(=O)NC(C)c1ccc(C#CCO)cc1. The molecule has 0 aliphatic carbocycles. The zero-order chi connectivity index (χ0) is 15.0. The van der Waals surface area contributed by atoms with E-state index in [2.05, 4.69) is 17.2 Å². The van der Waals surface area contributed by atoms with Gasteiger partial charge in [-0.25, -0.2) is 0 Å². The second-order valence-electron chi connectivity index (χ2n) is 4.83. The summed E-state index contributed by atoms with van der Waals surface area (Å²) >= 11 is 0. The largest absolute Gasteiger partial charge is 0.384 e. The van der Waals surface area contributed by atoms with Crippen molar-refractivity contribution in [1.82, 2.24) is 5.32 Å². The second-order valence-corrected chi connectivity index (χ2v) is 4.83. The fourth-order valence-electron chi connectivity index (χ4n) is 2.07. The molecule has 1 amide bonds. The molecule has 0 saturated heterocycles. The van der Waals surface area contributed by atoms with E-state index in [0.29, 0.717) is 0 Å². The van der Waals surface area contributed by atoms with E-state index in [1.54, 1.807) is 0 Å². The van der Waals surface area contributed by atoms with Crippen molar-refractivity contribution in [3.8, 4) is 11.8 Å². The Bertz CT molecular complexity index is 478. The van der Waals surface area contributed by atoms with Gasteiger partial charge in [-0.15, -0.1) is 0 Å². The summed E-state index contributed by atoms with van der Waals surface area (Å²) in [5.74, 6) is 5.67. The van der Waals surface area contributed by atoms with Crippen LogP contribution >= 0.6 is 0 Å². The third kappa shape index (κ3) is 4.71. The Balaban J connectivity index is 2.68. The summed E-state index contributed by atoms with van der Waals surface area (Å²) in [7, 11) is 0. The predicted octanol–water partition coefficient (Wildman–Crippen LogP) is 2.64. The Morgan fingerprint density at radius 3 is 2.35 bits per heavy atom. The van der Waals surface area contributed by atoms with E-state index in [9.17, 15) is 4.79 Å². The lowest BCUT2D eigenvalue weighted by Gasteiger charge is -2.18. The number of carbonyl (C=O) groups is 1. The van der Waals surface area contributed by atoms with Crippen molar-refractivity contribution in [1.29, 1.82) is 0 Å². The van der Waals surface area contributed by atoms with E-state index < -0.39 is 0 Å². The Morgan fingerprint density at radius 1 is 1.25 bits per heavy atom. The second kappa shape index (κ2) is 8.39. The molecule has 1 unspecified atom stereocenters. The number of aliphatic hydroxyl groups is 1. The third-order valence-electron chi connectivity index (χ3n) is 3.44. The maximum atomic E-state index is 12.0. The van der Waals surface area contributed by atoms with Crippen LogP contribution in [0.1, 0.15) is 50.8 Å². The molecule has 0 fully saturated rings. The van der Waals surface area contributed by atoms with Gasteiger partial charge in [-0.05, 0) is 37.5 Å². The summed E-state index contributed by atoms with van der Waals surface area (Å²) in [6.45, 7) is 5.92.